The summed E-state index contributed by atoms with van der Waals surface area (Å²) in [6.45, 7) is 0. The third kappa shape index (κ3) is 5.72. The lowest BCUT2D eigenvalue weighted by molar-refractivity contribution is -0.142. The van der Waals surface area contributed by atoms with Crippen molar-refractivity contribution in [3.8, 4) is 0 Å². The predicted molar refractivity (Wildman–Crippen MR) is 91.4 cm³/mol. The second kappa shape index (κ2) is 9.11. The highest BCUT2D eigenvalue weighted by molar-refractivity contribution is 6.21. The van der Waals surface area contributed by atoms with E-state index in [1.807, 2.05) is 12.1 Å². The Morgan fingerprint density at radius 3 is 1.38 bits per heavy atom. The van der Waals surface area contributed by atoms with E-state index >= 15 is 0 Å². The Hall–Kier alpha value is -2.30. The Morgan fingerprint density at radius 1 is 0.708 bits per heavy atom. The number of benzene rings is 2. The number of carbonyl (C=O) groups excluding carboxylic acids is 2. The molecule has 0 aromatic heterocycles. The van der Waals surface area contributed by atoms with E-state index in [9.17, 15) is 9.59 Å². The van der Waals surface area contributed by atoms with Gasteiger partial charge in [0.25, 0.3) is 0 Å². The lowest BCUT2D eigenvalue weighted by Crippen LogP contribution is -2.07. The number of ether oxygens (including phenoxy) is 2. The Bertz CT molecular complexity index is 640. The Morgan fingerprint density at radius 2 is 1.04 bits per heavy atom. The second-order valence-corrected chi connectivity index (χ2v) is 5.45. The van der Waals surface area contributed by atoms with Gasteiger partial charge in [0, 0.05) is 23.3 Å². The first-order valence-corrected chi connectivity index (χ1v) is 7.91. The molecular weight excluding hydrogens is 351 g/mol. The van der Waals surface area contributed by atoms with Crippen LogP contribution in [0, 0.1) is 0 Å². The largest absolute Gasteiger partial charge is 0.438 e. The fraction of sp³-hybridized carbons (Fsp3) is 0.111. The zero-order chi connectivity index (χ0) is 17.4. The van der Waals surface area contributed by atoms with Gasteiger partial charge in [-0.1, -0.05) is 83.9 Å². The van der Waals surface area contributed by atoms with Gasteiger partial charge in [-0.2, -0.15) is 0 Å². The minimum Gasteiger partial charge on any atom is -0.438 e. The van der Waals surface area contributed by atoms with Gasteiger partial charge in [0.1, 0.15) is 0 Å². The van der Waals surface area contributed by atoms with Gasteiger partial charge in [-0.05, 0) is 0 Å². The first-order chi connectivity index (χ1) is 11.6. The van der Waals surface area contributed by atoms with E-state index in [4.69, 9.17) is 32.7 Å². The topological polar surface area (TPSA) is 52.6 Å². The monoisotopic (exact) mass is 364 g/mol. The van der Waals surface area contributed by atoms with Crippen LogP contribution in [0.1, 0.15) is 22.3 Å². The van der Waals surface area contributed by atoms with Crippen molar-refractivity contribution in [2.45, 2.75) is 11.1 Å². The van der Waals surface area contributed by atoms with Gasteiger partial charge in [-0.15, -0.1) is 0 Å². The van der Waals surface area contributed by atoms with Crippen molar-refractivity contribution in [2.24, 2.45) is 0 Å². The van der Waals surface area contributed by atoms with E-state index in [1.165, 1.54) is 0 Å². The molecule has 0 amide bonds. The third-order valence-corrected chi connectivity index (χ3v) is 3.60. The van der Waals surface area contributed by atoms with Crippen LogP contribution in [0.25, 0.3) is 0 Å². The van der Waals surface area contributed by atoms with Gasteiger partial charge in [-0.3, -0.25) is 0 Å². The molecule has 2 unspecified atom stereocenters. The van der Waals surface area contributed by atoms with Gasteiger partial charge >= 0.3 is 11.9 Å². The first-order valence-electron chi connectivity index (χ1n) is 7.03. The molecule has 24 heavy (non-hydrogen) atoms. The third-order valence-electron chi connectivity index (χ3n) is 2.92. The number of hydrogen-bond donors (Lipinski definition) is 0. The summed E-state index contributed by atoms with van der Waals surface area (Å²) < 4.78 is 9.95. The summed E-state index contributed by atoms with van der Waals surface area (Å²) in [6.07, 6.45) is 1.88. The molecular formula is C18H14Cl2O4. The summed E-state index contributed by atoms with van der Waals surface area (Å²) in [5, 5.41) is 0. The molecule has 2 aromatic rings. The van der Waals surface area contributed by atoms with Crippen LogP contribution in [0.4, 0.5) is 0 Å². The van der Waals surface area contributed by atoms with Crippen LogP contribution in [0.5, 0.6) is 0 Å². The number of rotatable bonds is 6. The molecule has 0 aliphatic heterocycles. The number of halogens is 2. The molecule has 0 heterocycles. The highest BCUT2D eigenvalue weighted by Crippen LogP contribution is 2.22. The quantitative estimate of drug-likeness (QED) is 0.430. The zero-order valence-electron chi connectivity index (χ0n) is 12.5. The molecule has 0 saturated carbocycles. The molecule has 0 aliphatic carbocycles. The van der Waals surface area contributed by atoms with Crippen molar-refractivity contribution in [3.63, 3.8) is 0 Å². The van der Waals surface area contributed by atoms with Crippen LogP contribution >= 0.6 is 23.2 Å². The van der Waals surface area contributed by atoms with E-state index in [2.05, 4.69) is 0 Å². The summed E-state index contributed by atoms with van der Waals surface area (Å²) in [5.74, 6) is -1.52. The molecule has 6 heteroatoms. The van der Waals surface area contributed by atoms with Gasteiger partial charge in [0.15, 0.2) is 0 Å². The van der Waals surface area contributed by atoms with E-state index in [0.717, 1.165) is 12.2 Å². The van der Waals surface area contributed by atoms with Gasteiger partial charge < -0.3 is 9.47 Å². The Labute approximate surface area is 149 Å². The highest BCUT2D eigenvalue weighted by Gasteiger charge is 2.13. The molecule has 0 saturated heterocycles. The zero-order valence-corrected chi connectivity index (χ0v) is 14.0. The van der Waals surface area contributed by atoms with Crippen molar-refractivity contribution in [2.75, 3.05) is 0 Å². The molecule has 4 nitrogen and oxygen atoms in total. The fourth-order valence-electron chi connectivity index (χ4n) is 1.76. The minimum atomic E-state index is -0.940. The lowest BCUT2D eigenvalue weighted by Gasteiger charge is -2.10. The molecule has 2 aromatic carbocycles. The summed E-state index contributed by atoms with van der Waals surface area (Å²) in [5.41, 5.74) is -0.615. The van der Waals surface area contributed by atoms with Crippen molar-refractivity contribution < 1.29 is 19.1 Å². The van der Waals surface area contributed by atoms with Crippen molar-refractivity contribution in [1.29, 1.82) is 0 Å². The molecule has 0 radical (unpaired) electrons. The van der Waals surface area contributed by atoms with Crippen LogP contribution in [-0.4, -0.2) is 11.9 Å². The van der Waals surface area contributed by atoms with Gasteiger partial charge in [-0.25, -0.2) is 9.59 Å². The molecule has 124 valence electrons. The summed E-state index contributed by atoms with van der Waals surface area (Å²) in [6, 6.07) is 17.6. The van der Waals surface area contributed by atoms with Crippen molar-refractivity contribution in [3.05, 3.63) is 83.9 Å². The smallest absolute Gasteiger partial charge is 0.332 e. The van der Waals surface area contributed by atoms with Crippen LogP contribution < -0.4 is 0 Å². The number of alkyl halides is 2. The lowest BCUT2D eigenvalue weighted by atomic mass is 10.2. The molecule has 0 fully saturated rings. The van der Waals surface area contributed by atoms with Crippen LogP contribution in [0.15, 0.2) is 72.8 Å². The molecule has 0 spiro atoms. The predicted octanol–water partition coefficient (Wildman–Crippen LogP) is 4.50. The Kier molecular flexibility index (Phi) is 6.85. The summed E-state index contributed by atoms with van der Waals surface area (Å²) in [7, 11) is 0. The van der Waals surface area contributed by atoms with Crippen molar-refractivity contribution in [1.82, 2.24) is 0 Å². The number of hydrogen-bond acceptors (Lipinski definition) is 4. The first kappa shape index (κ1) is 18.0. The summed E-state index contributed by atoms with van der Waals surface area (Å²) >= 11 is 11.9. The maximum atomic E-state index is 11.7. The van der Waals surface area contributed by atoms with Crippen LogP contribution in [0.3, 0.4) is 0 Å². The number of esters is 2. The Balaban J connectivity index is 1.83. The molecule has 0 N–H and O–H groups in total. The maximum Gasteiger partial charge on any atom is 0.332 e. The van der Waals surface area contributed by atoms with Gasteiger partial charge in [0.2, 0.25) is 11.1 Å². The van der Waals surface area contributed by atoms with Gasteiger partial charge in [0.05, 0.1) is 0 Å². The summed E-state index contributed by atoms with van der Waals surface area (Å²) in [4.78, 5) is 23.3. The molecule has 2 rings (SSSR count). The highest BCUT2D eigenvalue weighted by atomic mass is 35.5. The minimum absolute atomic E-state index is 0.633. The SMILES string of the molecule is O=C(C=CC(=O)OC(Cl)c1ccccc1)OC(Cl)c1ccccc1. The van der Waals surface area contributed by atoms with E-state index in [0.29, 0.717) is 11.1 Å². The normalized spacial score (nSPS) is 13.2. The van der Waals surface area contributed by atoms with E-state index in [-0.39, 0.29) is 0 Å². The average molecular weight is 365 g/mol. The maximum absolute atomic E-state index is 11.7. The second-order valence-electron chi connectivity index (χ2n) is 4.66. The standard InChI is InChI=1S/C18H14Cl2O4/c19-17(13-7-3-1-4-8-13)23-15(21)11-12-16(22)24-18(20)14-9-5-2-6-10-14/h1-12,17-18H. The molecule has 0 aliphatic rings. The van der Waals surface area contributed by atoms with Crippen LogP contribution in [0.2, 0.25) is 0 Å². The number of carbonyl (C=O) groups is 2. The fourth-order valence-corrected chi connectivity index (χ4v) is 2.23. The van der Waals surface area contributed by atoms with E-state index < -0.39 is 23.1 Å². The van der Waals surface area contributed by atoms with E-state index in [1.54, 1.807) is 48.5 Å². The van der Waals surface area contributed by atoms with Crippen LogP contribution in [-0.2, 0) is 19.1 Å². The average Bonchev–Trinajstić information content (AvgIpc) is 2.61. The van der Waals surface area contributed by atoms with Crippen molar-refractivity contribution >= 4 is 35.1 Å². The molecule has 2 atom stereocenters. The molecule has 0 bridgehead atoms.